The Hall–Kier alpha value is -1.02. The van der Waals surface area contributed by atoms with Crippen molar-refractivity contribution in [2.45, 2.75) is 13.8 Å². The number of hydrogen-bond donors (Lipinski definition) is 0. The quantitative estimate of drug-likeness (QED) is 0.654. The average Bonchev–Trinajstić information content (AvgIpc) is 2.25. The van der Waals surface area contributed by atoms with Gasteiger partial charge >= 0.3 is 0 Å². The molecule has 1 heterocycles. The number of rotatable bonds is 3. The van der Waals surface area contributed by atoms with E-state index < -0.39 is 0 Å². The topological polar surface area (TPSA) is 6.48 Å². The van der Waals surface area contributed by atoms with Gasteiger partial charge in [-0.2, -0.15) is 0 Å². The van der Waals surface area contributed by atoms with E-state index in [1.807, 2.05) is 6.92 Å². The van der Waals surface area contributed by atoms with Crippen LogP contribution in [0.15, 0.2) is 36.1 Å². The highest BCUT2D eigenvalue weighted by atomic mass is 15.2. The van der Waals surface area contributed by atoms with E-state index in [0.29, 0.717) is 0 Å². The summed E-state index contributed by atoms with van der Waals surface area (Å²) in [7, 11) is 2.18. The van der Waals surface area contributed by atoms with Crippen LogP contribution in [0.4, 0.5) is 0 Å². The fourth-order valence-electron chi connectivity index (χ4n) is 1.70. The summed E-state index contributed by atoms with van der Waals surface area (Å²) in [5, 5.41) is 0. The van der Waals surface area contributed by atoms with Crippen molar-refractivity contribution >= 4 is 0 Å². The largest absolute Gasteiger partial charge is 0.369 e. The molecule has 0 saturated carbocycles. The van der Waals surface area contributed by atoms with Gasteiger partial charge in [-0.05, 0) is 33.0 Å². The lowest BCUT2D eigenvalue weighted by molar-refractivity contribution is 0.190. The van der Waals surface area contributed by atoms with Crippen LogP contribution in [0.25, 0.3) is 0 Å². The molecule has 0 bridgehead atoms. The van der Waals surface area contributed by atoms with Crippen LogP contribution in [0, 0.1) is 0 Å². The molecule has 0 spiro atoms. The number of piperazine rings is 1. The highest BCUT2D eigenvalue weighted by Gasteiger charge is 2.13. The van der Waals surface area contributed by atoms with E-state index in [2.05, 4.69) is 54.2 Å². The van der Waals surface area contributed by atoms with E-state index in [1.54, 1.807) is 0 Å². The van der Waals surface area contributed by atoms with Crippen LogP contribution in [-0.4, -0.2) is 43.0 Å². The van der Waals surface area contributed by atoms with Gasteiger partial charge < -0.3 is 9.80 Å². The predicted octanol–water partition coefficient (Wildman–Crippen LogP) is 2.27. The molecule has 84 valence electrons. The molecule has 0 aliphatic carbocycles. The zero-order valence-corrected chi connectivity index (χ0v) is 10.1. The van der Waals surface area contributed by atoms with E-state index in [4.69, 9.17) is 0 Å². The van der Waals surface area contributed by atoms with Gasteiger partial charge in [-0.3, -0.25) is 0 Å². The summed E-state index contributed by atoms with van der Waals surface area (Å²) < 4.78 is 0. The second-order valence-corrected chi connectivity index (χ2v) is 3.91. The van der Waals surface area contributed by atoms with Crippen molar-refractivity contribution in [3.63, 3.8) is 0 Å². The second kappa shape index (κ2) is 6.46. The Morgan fingerprint density at radius 1 is 1.00 bits per heavy atom. The molecule has 0 atom stereocenters. The van der Waals surface area contributed by atoms with Crippen molar-refractivity contribution in [2.24, 2.45) is 0 Å². The molecular formula is C13H22N2. The Morgan fingerprint density at radius 3 is 2.20 bits per heavy atom. The molecule has 1 rings (SSSR count). The lowest BCUT2D eigenvalue weighted by Crippen LogP contribution is -2.43. The smallest absolute Gasteiger partial charge is 0.0363 e. The minimum absolute atomic E-state index is 1.13. The Labute approximate surface area is 93.6 Å². The third-order valence-corrected chi connectivity index (χ3v) is 2.67. The van der Waals surface area contributed by atoms with Crippen molar-refractivity contribution in [2.75, 3.05) is 33.2 Å². The Kier molecular flexibility index (Phi) is 5.19. The van der Waals surface area contributed by atoms with E-state index in [9.17, 15) is 0 Å². The van der Waals surface area contributed by atoms with Crippen LogP contribution in [0.2, 0.25) is 0 Å². The third kappa shape index (κ3) is 3.92. The van der Waals surface area contributed by atoms with Crippen LogP contribution >= 0.6 is 0 Å². The van der Waals surface area contributed by atoms with Crippen molar-refractivity contribution < 1.29 is 0 Å². The van der Waals surface area contributed by atoms with Crippen LogP contribution in [0.3, 0.4) is 0 Å². The molecule has 0 unspecified atom stereocenters. The fraction of sp³-hybridized carbons (Fsp3) is 0.538. The molecule has 15 heavy (non-hydrogen) atoms. The van der Waals surface area contributed by atoms with Crippen molar-refractivity contribution in [1.29, 1.82) is 0 Å². The molecule has 0 N–H and O–H groups in total. The molecular weight excluding hydrogens is 184 g/mol. The number of allylic oxidation sites excluding steroid dienone is 5. The average molecular weight is 206 g/mol. The standard InChI is InChI=1S/C13H22N2/c1-4-6-8-13(7-5-2)15-11-9-14(3)10-12-15/h4-8H,9-12H2,1-3H3/b6-4-,7-5-,13-8+. The molecule has 1 saturated heterocycles. The summed E-state index contributed by atoms with van der Waals surface area (Å²) in [5.41, 5.74) is 1.32. The van der Waals surface area contributed by atoms with Gasteiger partial charge in [0.05, 0.1) is 0 Å². The van der Waals surface area contributed by atoms with Crippen LogP contribution < -0.4 is 0 Å². The van der Waals surface area contributed by atoms with Gasteiger partial charge in [0.2, 0.25) is 0 Å². The van der Waals surface area contributed by atoms with Gasteiger partial charge in [-0.1, -0.05) is 18.2 Å². The SMILES string of the molecule is C\C=C/C=C(\C=C/C)N1CCN(C)CC1. The molecule has 2 nitrogen and oxygen atoms in total. The highest BCUT2D eigenvalue weighted by Crippen LogP contribution is 2.10. The summed E-state index contributed by atoms with van der Waals surface area (Å²) >= 11 is 0. The monoisotopic (exact) mass is 206 g/mol. The van der Waals surface area contributed by atoms with Crippen molar-refractivity contribution in [3.05, 3.63) is 36.1 Å². The van der Waals surface area contributed by atoms with Gasteiger partial charge in [0, 0.05) is 31.9 Å². The second-order valence-electron chi connectivity index (χ2n) is 3.91. The van der Waals surface area contributed by atoms with Gasteiger partial charge in [-0.15, -0.1) is 0 Å². The first-order chi connectivity index (χ1) is 7.27. The van der Waals surface area contributed by atoms with Crippen molar-refractivity contribution in [3.8, 4) is 0 Å². The molecule has 1 fully saturated rings. The maximum Gasteiger partial charge on any atom is 0.0363 e. The lowest BCUT2D eigenvalue weighted by Gasteiger charge is -2.34. The van der Waals surface area contributed by atoms with Gasteiger partial charge in [0.25, 0.3) is 0 Å². The number of likely N-dealkylation sites (N-methyl/N-ethyl adjacent to an activating group) is 1. The molecule has 0 amide bonds. The van der Waals surface area contributed by atoms with E-state index in [0.717, 1.165) is 26.2 Å². The molecule has 2 heteroatoms. The first-order valence-electron chi connectivity index (χ1n) is 5.67. The molecule has 0 radical (unpaired) electrons. The van der Waals surface area contributed by atoms with Gasteiger partial charge in [-0.25, -0.2) is 0 Å². The maximum atomic E-state index is 2.44. The zero-order chi connectivity index (χ0) is 11.1. The first kappa shape index (κ1) is 12.1. The fourth-order valence-corrected chi connectivity index (χ4v) is 1.70. The molecule has 0 aromatic carbocycles. The van der Waals surface area contributed by atoms with Gasteiger partial charge in [0.15, 0.2) is 0 Å². The molecule has 0 aromatic heterocycles. The summed E-state index contributed by atoms with van der Waals surface area (Å²) in [4.78, 5) is 4.82. The third-order valence-electron chi connectivity index (χ3n) is 2.67. The summed E-state index contributed by atoms with van der Waals surface area (Å²) in [6.45, 7) is 8.69. The molecule has 1 aliphatic heterocycles. The zero-order valence-electron chi connectivity index (χ0n) is 10.1. The van der Waals surface area contributed by atoms with Crippen LogP contribution in [0.1, 0.15) is 13.8 Å². The normalized spacial score (nSPS) is 20.7. The minimum Gasteiger partial charge on any atom is -0.369 e. The summed E-state index contributed by atoms with van der Waals surface area (Å²) in [5.74, 6) is 0. The highest BCUT2D eigenvalue weighted by molar-refractivity contribution is 5.22. The van der Waals surface area contributed by atoms with Crippen molar-refractivity contribution in [1.82, 2.24) is 9.80 Å². The number of hydrogen-bond acceptors (Lipinski definition) is 2. The molecule has 1 aliphatic rings. The van der Waals surface area contributed by atoms with Crippen LogP contribution in [0.5, 0.6) is 0 Å². The van der Waals surface area contributed by atoms with E-state index in [-0.39, 0.29) is 0 Å². The molecule has 0 aromatic rings. The van der Waals surface area contributed by atoms with E-state index in [1.165, 1.54) is 5.70 Å². The predicted molar refractivity (Wildman–Crippen MR) is 66.8 cm³/mol. The van der Waals surface area contributed by atoms with Gasteiger partial charge in [0.1, 0.15) is 0 Å². The number of nitrogens with zero attached hydrogens (tertiary/aromatic N) is 2. The Morgan fingerprint density at radius 2 is 1.67 bits per heavy atom. The van der Waals surface area contributed by atoms with Crippen LogP contribution in [-0.2, 0) is 0 Å². The first-order valence-corrected chi connectivity index (χ1v) is 5.67. The summed E-state index contributed by atoms with van der Waals surface area (Å²) in [6, 6.07) is 0. The van der Waals surface area contributed by atoms with E-state index >= 15 is 0 Å². The lowest BCUT2D eigenvalue weighted by atomic mass is 10.2. The maximum absolute atomic E-state index is 2.44. The summed E-state index contributed by atoms with van der Waals surface area (Å²) in [6.07, 6.45) is 10.7. The Bertz CT molecular complexity index is 256. The Balaban J connectivity index is 2.64. The minimum atomic E-state index is 1.13.